The molecule has 1 aromatic carbocycles. The van der Waals surface area contributed by atoms with Crippen LogP contribution in [0.3, 0.4) is 0 Å². The quantitative estimate of drug-likeness (QED) is 0.772. The third-order valence-corrected chi connectivity index (χ3v) is 3.14. The number of carbonyl (C=O) groups is 1. The Kier molecular flexibility index (Phi) is 4.22. The minimum atomic E-state index is -0.472. The van der Waals surface area contributed by atoms with Crippen LogP contribution in [-0.2, 0) is 0 Å². The molecule has 4 nitrogen and oxygen atoms in total. The zero-order valence-corrected chi connectivity index (χ0v) is 11.4. The average Bonchev–Trinajstić information content (AvgIpc) is 2.79. The van der Waals surface area contributed by atoms with E-state index >= 15 is 0 Å². The topological polar surface area (TPSA) is 65.1 Å². The number of carbonyl (C=O) groups excluding carboxylic acids is 1. The third-order valence-electron chi connectivity index (χ3n) is 3.14. The van der Waals surface area contributed by atoms with Crippen LogP contribution in [0.25, 0.3) is 10.9 Å². The van der Waals surface area contributed by atoms with Gasteiger partial charge in [-0.05, 0) is 31.0 Å². The van der Waals surface area contributed by atoms with Crippen LogP contribution in [0.15, 0.2) is 24.3 Å². The zero-order valence-electron chi connectivity index (χ0n) is 11.4. The predicted molar refractivity (Wildman–Crippen MR) is 76.3 cm³/mol. The molecular formula is C15H20N2O2. The van der Waals surface area contributed by atoms with Crippen molar-refractivity contribution in [1.29, 1.82) is 0 Å². The number of hydrogen-bond acceptors (Lipinski definition) is 2. The van der Waals surface area contributed by atoms with Crippen LogP contribution in [0.5, 0.6) is 0 Å². The Bertz CT molecular complexity index is 575. The third kappa shape index (κ3) is 3.35. The lowest BCUT2D eigenvalue weighted by atomic mass is 10.2. The lowest BCUT2D eigenvalue weighted by Gasteiger charge is -2.09. The second kappa shape index (κ2) is 5.89. The number of rotatable bonds is 5. The van der Waals surface area contributed by atoms with Crippen LogP contribution in [0.2, 0.25) is 0 Å². The number of aromatic nitrogens is 1. The molecule has 0 fully saturated rings. The van der Waals surface area contributed by atoms with Gasteiger partial charge in [-0.3, -0.25) is 4.79 Å². The zero-order chi connectivity index (χ0) is 13.8. The first-order chi connectivity index (χ1) is 9.10. The van der Waals surface area contributed by atoms with E-state index in [-0.39, 0.29) is 5.91 Å². The Morgan fingerprint density at radius 3 is 2.95 bits per heavy atom. The van der Waals surface area contributed by atoms with Gasteiger partial charge < -0.3 is 15.4 Å². The van der Waals surface area contributed by atoms with E-state index in [9.17, 15) is 9.90 Å². The fourth-order valence-corrected chi connectivity index (χ4v) is 2.10. The molecular weight excluding hydrogens is 240 g/mol. The molecule has 1 aromatic heterocycles. The van der Waals surface area contributed by atoms with Gasteiger partial charge in [0.05, 0.1) is 6.10 Å². The maximum absolute atomic E-state index is 12.0. The molecule has 1 heterocycles. The van der Waals surface area contributed by atoms with E-state index in [1.54, 1.807) is 0 Å². The average molecular weight is 260 g/mol. The Morgan fingerprint density at radius 2 is 2.21 bits per heavy atom. The van der Waals surface area contributed by atoms with Crippen molar-refractivity contribution in [1.82, 2.24) is 10.3 Å². The van der Waals surface area contributed by atoms with E-state index in [4.69, 9.17) is 0 Å². The number of aliphatic hydroxyl groups is 1. The standard InChI is InChI=1S/C15H20N2O2/c1-3-4-12(18)9-16-15(19)14-8-11-6-5-10(2)7-13(11)17-14/h5-8,12,17-18H,3-4,9H2,1-2H3,(H,16,19). The van der Waals surface area contributed by atoms with E-state index < -0.39 is 6.10 Å². The number of amides is 1. The van der Waals surface area contributed by atoms with Gasteiger partial charge in [-0.15, -0.1) is 0 Å². The van der Waals surface area contributed by atoms with E-state index in [1.807, 2.05) is 38.1 Å². The number of aryl methyl sites for hydroxylation is 1. The Hall–Kier alpha value is -1.81. The summed E-state index contributed by atoms with van der Waals surface area (Å²) in [5, 5.41) is 13.4. The van der Waals surface area contributed by atoms with Crippen LogP contribution in [0.1, 0.15) is 35.8 Å². The van der Waals surface area contributed by atoms with Crippen molar-refractivity contribution in [3.05, 3.63) is 35.5 Å². The Balaban J connectivity index is 2.05. The van der Waals surface area contributed by atoms with E-state index in [2.05, 4.69) is 10.3 Å². The molecule has 0 aliphatic rings. The molecule has 1 atom stereocenters. The fraction of sp³-hybridized carbons (Fsp3) is 0.400. The van der Waals surface area contributed by atoms with Crippen LogP contribution in [-0.4, -0.2) is 28.6 Å². The summed E-state index contributed by atoms with van der Waals surface area (Å²) in [4.78, 5) is 15.1. The van der Waals surface area contributed by atoms with Gasteiger partial charge in [0.1, 0.15) is 5.69 Å². The highest BCUT2D eigenvalue weighted by Crippen LogP contribution is 2.16. The molecule has 0 radical (unpaired) electrons. The number of nitrogens with one attached hydrogen (secondary N) is 2. The molecule has 0 saturated carbocycles. The maximum Gasteiger partial charge on any atom is 0.267 e. The van der Waals surface area contributed by atoms with Crippen LogP contribution in [0, 0.1) is 6.92 Å². The van der Waals surface area contributed by atoms with Crippen molar-refractivity contribution < 1.29 is 9.90 Å². The molecule has 2 rings (SSSR count). The number of benzene rings is 1. The molecule has 0 aliphatic carbocycles. The van der Waals surface area contributed by atoms with Gasteiger partial charge >= 0.3 is 0 Å². The summed E-state index contributed by atoms with van der Waals surface area (Å²) in [5.74, 6) is -0.177. The highest BCUT2D eigenvalue weighted by molar-refractivity contribution is 5.98. The summed E-state index contributed by atoms with van der Waals surface area (Å²) in [7, 11) is 0. The van der Waals surface area contributed by atoms with Gasteiger partial charge in [-0.2, -0.15) is 0 Å². The summed E-state index contributed by atoms with van der Waals surface area (Å²) < 4.78 is 0. The number of aliphatic hydroxyl groups excluding tert-OH is 1. The molecule has 4 heteroatoms. The number of H-pyrrole nitrogens is 1. The summed E-state index contributed by atoms with van der Waals surface area (Å²) in [5.41, 5.74) is 2.64. The monoisotopic (exact) mass is 260 g/mol. The van der Waals surface area contributed by atoms with Crippen molar-refractivity contribution >= 4 is 16.8 Å². The molecule has 102 valence electrons. The molecule has 3 N–H and O–H groups in total. The second-order valence-corrected chi connectivity index (χ2v) is 4.93. The number of hydrogen-bond donors (Lipinski definition) is 3. The van der Waals surface area contributed by atoms with Gasteiger partial charge in [-0.1, -0.05) is 25.5 Å². The molecule has 0 saturated heterocycles. The van der Waals surface area contributed by atoms with Crippen molar-refractivity contribution in [2.24, 2.45) is 0 Å². The first-order valence-corrected chi connectivity index (χ1v) is 6.65. The van der Waals surface area contributed by atoms with Crippen molar-refractivity contribution in [2.45, 2.75) is 32.8 Å². The van der Waals surface area contributed by atoms with Crippen LogP contribution in [0.4, 0.5) is 0 Å². The van der Waals surface area contributed by atoms with E-state index in [1.165, 1.54) is 0 Å². The van der Waals surface area contributed by atoms with Crippen LogP contribution < -0.4 is 5.32 Å². The largest absolute Gasteiger partial charge is 0.391 e. The lowest BCUT2D eigenvalue weighted by Crippen LogP contribution is -2.32. The lowest BCUT2D eigenvalue weighted by molar-refractivity contribution is 0.0906. The molecule has 1 unspecified atom stereocenters. The van der Waals surface area contributed by atoms with E-state index in [0.717, 1.165) is 22.9 Å². The first kappa shape index (κ1) is 13.6. The smallest absolute Gasteiger partial charge is 0.267 e. The number of fused-ring (bicyclic) bond motifs is 1. The van der Waals surface area contributed by atoms with E-state index in [0.29, 0.717) is 18.7 Å². The van der Waals surface area contributed by atoms with Crippen LogP contribution >= 0.6 is 0 Å². The summed E-state index contributed by atoms with van der Waals surface area (Å²) in [6.45, 7) is 4.31. The highest BCUT2D eigenvalue weighted by Gasteiger charge is 2.11. The first-order valence-electron chi connectivity index (χ1n) is 6.65. The Labute approximate surface area is 112 Å². The molecule has 2 aromatic rings. The van der Waals surface area contributed by atoms with Crippen molar-refractivity contribution in [2.75, 3.05) is 6.54 Å². The SMILES string of the molecule is CCCC(O)CNC(=O)c1cc2ccc(C)cc2[nH]1. The number of aromatic amines is 1. The predicted octanol–water partition coefficient (Wildman–Crippen LogP) is 2.37. The second-order valence-electron chi connectivity index (χ2n) is 4.93. The maximum atomic E-state index is 12.0. The van der Waals surface area contributed by atoms with Gasteiger partial charge in [-0.25, -0.2) is 0 Å². The van der Waals surface area contributed by atoms with Crippen molar-refractivity contribution in [3.63, 3.8) is 0 Å². The van der Waals surface area contributed by atoms with Gasteiger partial charge in [0.2, 0.25) is 0 Å². The molecule has 1 amide bonds. The minimum absolute atomic E-state index is 0.177. The molecule has 19 heavy (non-hydrogen) atoms. The summed E-state index contributed by atoms with van der Waals surface area (Å²) in [6, 6.07) is 7.85. The molecule has 0 bridgehead atoms. The Morgan fingerprint density at radius 1 is 1.42 bits per heavy atom. The molecule has 0 aliphatic heterocycles. The van der Waals surface area contributed by atoms with Crippen molar-refractivity contribution in [3.8, 4) is 0 Å². The summed E-state index contributed by atoms with van der Waals surface area (Å²) in [6.07, 6.45) is 1.13. The molecule has 0 spiro atoms. The minimum Gasteiger partial charge on any atom is -0.391 e. The fourth-order valence-electron chi connectivity index (χ4n) is 2.10. The van der Waals surface area contributed by atoms with Gasteiger partial charge in [0.15, 0.2) is 0 Å². The normalized spacial score (nSPS) is 12.6. The van der Waals surface area contributed by atoms with Gasteiger partial charge in [0, 0.05) is 17.4 Å². The summed E-state index contributed by atoms with van der Waals surface area (Å²) >= 11 is 0. The highest BCUT2D eigenvalue weighted by atomic mass is 16.3. The van der Waals surface area contributed by atoms with Gasteiger partial charge in [0.25, 0.3) is 5.91 Å².